The average Bonchev–Trinajstić information content (AvgIpc) is 2.74. The van der Waals surface area contributed by atoms with Crippen molar-refractivity contribution in [2.24, 2.45) is 5.92 Å². The molecule has 0 radical (unpaired) electrons. The molecule has 160 valence electrons. The van der Waals surface area contributed by atoms with Crippen molar-refractivity contribution in [3.63, 3.8) is 0 Å². The Labute approximate surface area is 188 Å². The summed E-state index contributed by atoms with van der Waals surface area (Å²) in [6.45, 7) is 2.27. The number of piperidine rings is 1. The van der Waals surface area contributed by atoms with Gasteiger partial charge in [0, 0.05) is 22.9 Å². The monoisotopic (exact) mass is 447 g/mol. The molecule has 30 heavy (non-hydrogen) atoms. The summed E-state index contributed by atoms with van der Waals surface area (Å²) >= 11 is 11.7. The minimum absolute atomic E-state index is 0.0702. The standard InChI is InChI=1S/C24H27Cl2NO3/c25-20-4-1-19(2-5-20)15-22(28)8-3-18-11-13-27(14-12-18)16-23(29)17-30-24-9-6-21(26)7-10-24/h1-2,4-7,9-10,18H,3,8,11-17H2. The zero-order valence-electron chi connectivity index (χ0n) is 17.0. The molecule has 0 aromatic heterocycles. The second-order valence-electron chi connectivity index (χ2n) is 7.88. The molecule has 0 saturated carbocycles. The highest BCUT2D eigenvalue weighted by Gasteiger charge is 2.21. The van der Waals surface area contributed by atoms with Crippen molar-refractivity contribution >= 4 is 34.8 Å². The van der Waals surface area contributed by atoms with Crippen molar-refractivity contribution in [2.45, 2.75) is 32.1 Å². The summed E-state index contributed by atoms with van der Waals surface area (Å²) in [6.07, 6.45) is 4.06. The molecule has 0 aliphatic carbocycles. The van der Waals surface area contributed by atoms with Gasteiger partial charge in [-0.15, -0.1) is 0 Å². The van der Waals surface area contributed by atoms with Crippen LogP contribution in [0.1, 0.15) is 31.2 Å². The minimum atomic E-state index is 0.0702. The van der Waals surface area contributed by atoms with Crippen molar-refractivity contribution in [2.75, 3.05) is 26.2 Å². The van der Waals surface area contributed by atoms with Gasteiger partial charge in [-0.3, -0.25) is 14.5 Å². The lowest BCUT2D eigenvalue weighted by molar-refractivity contribution is -0.122. The number of carbonyl (C=O) groups excluding carboxylic acids is 2. The van der Waals surface area contributed by atoms with Gasteiger partial charge >= 0.3 is 0 Å². The number of rotatable bonds is 10. The fraction of sp³-hybridized carbons (Fsp3) is 0.417. The van der Waals surface area contributed by atoms with Gasteiger partial charge in [-0.25, -0.2) is 0 Å². The van der Waals surface area contributed by atoms with E-state index in [4.69, 9.17) is 27.9 Å². The van der Waals surface area contributed by atoms with Gasteiger partial charge in [-0.2, -0.15) is 0 Å². The second-order valence-corrected chi connectivity index (χ2v) is 8.75. The van der Waals surface area contributed by atoms with Crippen molar-refractivity contribution < 1.29 is 14.3 Å². The van der Waals surface area contributed by atoms with Crippen molar-refractivity contribution in [3.8, 4) is 5.75 Å². The zero-order chi connectivity index (χ0) is 21.3. The fourth-order valence-electron chi connectivity index (χ4n) is 3.71. The third-order valence-electron chi connectivity index (χ3n) is 5.47. The summed E-state index contributed by atoms with van der Waals surface area (Å²) in [6, 6.07) is 14.5. The van der Waals surface area contributed by atoms with Gasteiger partial charge in [-0.05, 0) is 80.2 Å². The van der Waals surface area contributed by atoms with E-state index >= 15 is 0 Å². The molecule has 0 amide bonds. The number of nitrogens with zero attached hydrogens (tertiary/aromatic N) is 1. The van der Waals surface area contributed by atoms with Gasteiger partial charge < -0.3 is 4.74 Å². The molecule has 0 atom stereocenters. The first kappa shape index (κ1) is 22.8. The lowest BCUT2D eigenvalue weighted by Crippen LogP contribution is -2.38. The maximum atomic E-state index is 12.2. The van der Waals surface area contributed by atoms with E-state index in [-0.39, 0.29) is 18.2 Å². The summed E-state index contributed by atoms with van der Waals surface area (Å²) in [7, 11) is 0. The van der Waals surface area contributed by atoms with E-state index in [1.54, 1.807) is 24.3 Å². The Bertz CT molecular complexity index is 829. The van der Waals surface area contributed by atoms with E-state index in [1.807, 2.05) is 24.3 Å². The molecule has 6 heteroatoms. The number of Topliss-reactive ketones (excluding diaryl/α,β-unsaturated/α-hetero) is 2. The van der Waals surface area contributed by atoms with Gasteiger partial charge in [0.05, 0.1) is 6.54 Å². The number of ketones is 2. The molecule has 1 aliphatic heterocycles. The Hall–Kier alpha value is -1.88. The van der Waals surface area contributed by atoms with E-state index in [1.165, 1.54) is 0 Å². The highest BCUT2D eigenvalue weighted by atomic mass is 35.5. The highest BCUT2D eigenvalue weighted by Crippen LogP contribution is 2.22. The molecular weight excluding hydrogens is 421 g/mol. The molecule has 1 heterocycles. The summed E-state index contributed by atoms with van der Waals surface area (Å²) in [5.41, 5.74) is 1.01. The van der Waals surface area contributed by atoms with E-state index in [0.717, 1.165) is 37.9 Å². The third kappa shape index (κ3) is 7.75. The van der Waals surface area contributed by atoms with Crippen molar-refractivity contribution in [3.05, 3.63) is 64.1 Å². The van der Waals surface area contributed by atoms with Gasteiger partial charge in [0.15, 0.2) is 5.78 Å². The van der Waals surface area contributed by atoms with E-state index in [2.05, 4.69) is 4.90 Å². The van der Waals surface area contributed by atoms with Gasteiger partial charge in [0.2, 0.25) is 0 Å². The molecule has 2 aromatic rings. The lowest BCUT2D eigenvalue weighted by atomic mass is 9.90. The molecule has 3 rings (SSSR count). The number of ether oxygens (including phenoxy) is 1. The molecule has 0 N–H and O–H groups in total. The topological polar surface area (TPSA) is 46.6 Å². The molecule has 1 fully saturated rings. The quantitative estimate of drug-likeness (QED) is 0.499. The molecule has 1 aliphatic rings. The lowest BCUT2D eigenvalue weighted by Gasteiger charge is -2.31. The van der Waals surface area contributed by atoms with Crippen LogP contribution in [0.2, 0.25) is 10.0 Å². The Morgan fingerprint density at radius 1 is 0.900 bits per heavy atom. The first-order valence-corrected chi connectivity index (χ1v) is 11.1. The van der Waals surface area contributed by atoms with E-state index < -0.39 is 0 Å². The van der Waals surface area contributed by atoms with Crippen LogP contribution in [0.5, 0.6) is 5.75 Å². The normalized spacial score (nSPS) is 15.1. The van der Waals surface area contributed by atoms with E-state index in [9.17, 15) is 9.59 Å². The Morgan fingerprint density at radius 3 is 2.13 bits per heavy atom. The van der Waals surface area contributed by atoms with Crippen LogP contribution in [0.4, 0.5) is 0 Å². The molecule has 4 nitrogen and oxygen atoms in total. The summed E-state index contributed by atoms with van der Waals surface area (Å²) in [4.78, 5) is 26.6. The predicted octanol–water partition coefficient (Wildman–Crippen LogP) is 5.25. The molecule has 1 saturated heterocycles. The maximum Gasteiger partial charge on any atom is 0.184 e. The first-order chi connectivity index (χ1) is 14.5. The zero-order valence-corrected chi connectivity index (χ0v) is 18.5. The van der Waals surface area contributed by atoms with Crippen LogP contribution in [0.3, 0.4) is 0 Å². The second kappa shape index (κ2) is 11.5. The first-order valence-electron chi connectivity index (χ1n) is 10.4. The average molecular weight is 448 g/mol. The molecule has 2 aromatic carbocycles. The number of benzene rings is 2. The number of likely N-dealkylation sites (tertiary alicyclic amines) is 1. The van der Waals surface area contributed by atoms with Crippen LogP contribution in [-0.2, 0) is 16.0 Å². The smallest absolute Gasteiger partial charge is 0.184 e. The van der Waals surface area contributed by atoms with Crippen LogP contribution in [-0.4, -0.2) is 42.7 Å². The number of halogens is 2. The van der Waals surface area contributed by atoms with Crippen LogP contribution >= 0.6 is 23.2 Å². The van der Waals surface area contributed by atoms with Crippen LogP contribution in [0.25, 0.3) is 0 Å². The molecular formula is C24H27Cl2NO3. The minimum Gasteiger partial charge on any atom is -0.486 e. The van der Waals surface area contributed by atoms with Gasteiger partial charge in [0.1, 0.15) is 18.1 Å². The Morgan fingerprint density at radius 2 is 1.50 bits per heavy atom. The van der Waals surface area contributed by atoms with Gasteiger partial charge in [0.25, 0.3) is 0 Å². The molecule has 0 unspecified atom stereocenters. The Kier molecular flexibility index (Phi) is 8.74. The largest absolute Gasteiger partial charge is 0.486 e. The van der Waals surface area contributed by atoms with Gasteiger partial charge in [-0.1, -0.05) is 35.3 Å². The van der Waals surface area contributed by atoms with Crippen LogP contribution in [0, 0.1) is 5.92 Å². The number of carbonyl (C=O) groups is 2. The summed E-state index contributed by atoms with van der Waals surface area (Å²) in [5.74, 6) is 1.54. The van der Waals surface area contributed by atoms with Crippen LogP contribution < -0.4 is 4.74 Å². The molecule has 0 bridgehead atoms. The fourth-order valence-corrected chi connectivity index (χ4v) is 3.96. The van der Waals surface area contributed by atoms with E-state index in [0.29, 0.717) is 41.1 Å². The van der Waals surface area contributed by atoms with Crippen LogP contribution in [0.15, 0.2) is 48.5 Å². The summed E-state index contributed by atoms with van der Waals surface area (Å²) < 4.78 is 5.53. The van der Waals surface area contributed by atoms with Crippen molar-refractivity contribution in [1.29, 1.82) is 0 Å². The third-order valence-corrected chi connectivity index (χ3v) is 5.97. The number of hydrogen-bond acceptors (Lipinski definition) is 4. The number of hydrogen-bond donors (Lipinski definition) is 0. The predicted molar refractivity (Wildman–Crippen MR) is 121 cm³/mol. The maximum absolute atomic E-state index is 12.2. The van der Waals surface area contributed by atoms with Crippen molar-refractivity contribution in [1.82, 2.24) is 4.90 Å². The Balaban J connectivity index is 1.30. The summed E-state index contributed by atoms with van der Waals surface area (Å²) in [5, 5.41) is 1.33. The SMILES string of the molecule is O=C(CCC1CCN(CC(=O)COc2ccc(Cl)cc2)CC1)Cc1ccc(Cl)cc1. The highest BCUT2D eigenvalue weighted by molar-refractivity contribution is 6.30. The molecule has 0 spiro atoms.